The summed E-state index contributed by atoms with van der Waals surface area (Å²) in [6, 6.07) is 8.48. The number of nitrogens with zero attached hydrogens (tertiary/aromatic N) is 5. The second kappa shape index (κ2) is 7.90. The van der Waals surface area contributed by atoms with E-state index in [0.717, 1.165) is 17.9 Å². The Morgan fingerprint density at radius 3 is 2.90 bits per heavy atom. The van der Waals surface area contributed by atoms with Crippen molar-refractivity contribution in [3.05, 3.63) is 64.5 Å². The molecule has 160 valence electrons. The molecular formula is C21H21ClFN7O. The molecule has 2 aromatic heterocycles. The fourth-order valence-electron chi connectivity index (χ4n) is 4.43. The average molecular weight is 442 g/mol. The number of carbonyl (C=O) groups is 1. The monoisotopic (exact) mass is 441 g/mol. The van der Waals surface area contributed by atoms with E-state index in [0.29, 0.717) is 31.3 Å². The predicted molar refractivity (Wildman–Crippen MR) is 114 cm³/mol. The molecule has 2 aliphatic rings. The number of likely N-dealkylation sites (tertiary alicyclic amines) is 2. The van der Waals surface area contributed by atoms with Gasteiger partial charge in [0.25, 0.3) is 5.91 Å². The van der Waals surface area contributed by atoms with Crippen LogP contribution < -0.4 is 5.32 Å². The lowest BCUT2D eigenvalue weighted by Gasteiger charge is -2.34. The number of aromatic amines is 1. The van der Waals surface area contributed by atoms with Crippen LogP contribution >= 0.6 is 11.6 Å². The topological polar surface area (TPSA) is 90.0 Å². The summed E-state index contributed by atoms with van der Waals surface area (Å²) in [6.07, 6.45) is 2.53. The summed E-state index contributed by atoms with van der Waals surface area (Å²) in [4.78, 5) is 26.1. The van der Waals surface area contributed by atoms with Crippen LogP contribution in [0, 0.1) is 12.7 Å². The summed E-state index contributed by atoms with van der Waals surface area (Å²) < 4.78 is 14.3. The molecule has 0 aliphatic carbocycles. The number of rotatable bonds is 5. The van der Waals surface area contributed by atoms with Crippen LogP contribution in [-0.4, -0.2) is 61.0 Å². The number of aryl methyl sites for hydroxylation is 1. The van der Waals surface area contributed by atoms with E-state index in [9.17, 15) is 9.18 Å². The summed E-state index contributed by atoms with van der Waals surface area (Å²) in [7, 11) is 0. The van der Waals surface area contributed by atoms with Crippen molar-refractivity contribution in [1.82, 2.24) is 30.0 Å². The number of H-pyrrole nitrogens is 1. The number of hydrogen-bond acceptors (Lipinski definition) is 6. The SMILES string of the molecule is Cc1cc(Nc2ccn[nH]2)nc(CN2C[C@@H]3C[C@H]2CN3C(=O)c2cccc(Cl)c2F)n1. The molecule has 0 spiro atoms. The van der Waals surface area contributed by atoms with Crippen LogP contribution in [0.1, 0.15) is 28.3 Å². The van der Waals surface area contributed by atoms with Gasteiger partial charge in [-0.3, -0.25) is 14.8 Å². The third-order valence-corrected chi connectivity index (χ3v) is 6.10. The van der Waals surface area contributed by atoms with Gasteiger partial charge in [-0.05, 0) is 25.5 Å². The molecule has 8 nitrogen and oxygen atoms in total. The molecule has 2 aliphatic heterocycles. The van der Waals surface area contributed by atoms with Gasteiger partial charge in [-0.1, -0.05) is 17.7 Å². The van der Waals surface area contributed by atoms with E-state index in [1.54, 1.807) is 17.2 Å². The van der Waals surface area contributed by atoms with Crippen LogP contribution in [0.25, 0.3) is 0 Å². The average Bonchev–Trinajstić information content (AvgIpc) is 3.47. The van der Waals surface area contributed by atoms with Crippen molar-refractivity contribution in [1.29, 1.82) is 0 Å². The Morgan fingerprint density at radius 1 is 1.29 bits per heavy atom. The molecule has 2 bridgehead atoms. The highest BCUT2D eigenvalue weighted by atomic mass is 35.5. The van der Waals surface area contributed by atoms with Crippen molar-refractivity contribution in [2.24, 2.45) is 0 Å². The zero-order valence-corrected chi connectivity index (χ0v) is 17.6. The summed E-state index contributed by atoms with van der Waals surface area (Å²) in [5.41, 5.74) is 0.896. The normalized spacial score (nSPS) is 20.4. The lowest BCUT2D eigenvalue weighted by atomic mass is 10.1. The van der Waals surface area contributed by atoms with E-state index in [4.69, 9.17) is 11.6 Å². The molecular weight excluding hydrogens is 421 g/mol. The zero-order valence-electron chi connectivity index (χ0n) is 16.8. The molecule has 1 amide bonds. The number of benzene rings is 1. The predicted octanol–water partition coefficient (Wildman–Crippen LogP) is 3.14. The number of carbonyl (C=O) groups excluding carboxylic acids is 1. The second-order valence-electron chi connectivity index (χ2n) is 7.94. The number of fused-ring (bicyclic) bond motifs is 2. The Labute approximate surface area is 183 Å². The largest absolute Gasteiger partial charge is 0.333 e. The highest BCUT2D eigenvalue weighted by Gasteiger charge is 2.45. The molecule has 1 aromatic carbocycles. The number of halogens is 2. The molecule has 0 unspecified atom stereocenters. The van der Waals surface area contributed by atoms with Gasteiger partial charge in [0.15, 0.2) is 5.82 Å². The van der Waals surface area contributed by atoms with E-state index in [1.807, 2.05) is 19.1 Å². The Bertz CT molecular complexity index is 1120. The smallest absolute Gasteiger partial charge is 0.257 e. The molecule has 31 heavy (non-hydrogen) atoms. The Balaban J connectivity index is 1.27. The Morgan fingerprint density at radius 2 is 2.16 bits per heavy atom. The van der Waals surface area contributed by atoms with Crippen LogP contribution in [0.2, 0.25) is 5.02 Å². The summed E-state index contributed by atoms with van der Waals surface area (Å²) in [5.74, 6) is 1.22. The van der Waals surface area contributed by atoms with Crippen molar-refractivity contribution >= 4 is 29.1 Å². The summed E-state index contributed by atoms with van der Waals surface area (Å²) in [6.45, 7) is 3.78. The maximum Gasteiger partial charge on any atom is 0.257 e. The van der Waals surface area contributed by atoms with Crippen molar-refractivity contribution in [3.8, 4) is 0 Å². The number of hydrogen-bond donors (Lipinski definition) is 2. The standard InChI is InChI=1S/C21H21ClFN7O/c1-12-7-18(26-17-5-6-24-28-17)27-19(25-12)11-29-9-14-8-13(29)10-30(14)21(31)15-3-2-4-16(22)20(15)23/h2-7,13-14H,8-11H2,1H3,(H2,24,25,26,27,28)/t13-,14-/m0/s1. The van der Waals surface area contributed by atoms with Gasteiger partial charge in [0.2, 0.25) is 0 Å². The molecule has 0 radical (unpaired) electrons. The Kier molecular flexibility index (Phi) is 5.07. The van der Waals surface area contributed by atoms with Gasteiger partial charge in [-0.25, -0.2) is 14.4 Å². The first kappa shape index (κ1) is 19.9. The van der Waals surface area contributed by atoms with Gasteiger partial charge in [-0.15, -0.1) is 0 Å². The van der Waals surface area contributed by atoms with Gasteiger partial charge >= 0.3 is 0 Å². The van der Waals surface area contributed by atoms with Crippen molar-refractivity contribution < 1.29 is 9.18 Å². The molecule has 2 fully saturated rings. The van der Waals surface area contributed by atoms with Crippen LogP contribution in [0.3, 0.4) is 0 Å². The first-order chi connectivity index (χ1) is 15.0. The van der Waals surface area contributed by atoms with Crippen LogP contribution in [-0.2, 0) is 6.54 Å². The summed E-state index contributed by atoms with van der Waals surface area (Å²) >= 11 is 5.85. The third-order valence-electron chi connectivity index (χ3n) is 5.81. The van der Waals surface area contributed by atoms with Gasteiger partial charge in [-0.2, -0.15) is 5.10 Å². The third kappa shape index (κ3) is 3.86. The maximum absolute atomic E-state index is 14.3. The number of piperazine rings is 1. The first-order valence-corrected chi connectivity index (χ1v) is 10.5. The molecule has 10 heteroatoms. The quantitative estimate of drug-likeness (QED) is 0.632. The van der Waals surface area contributed by atoms with E-state index in [1.165, 1.54) is 12.1 Å². The maximum atomic E-state index is 14.3. The first-order valence-electron chi connectivity index (χ1n) is 10.1. The highest BCUT2D eigenvalue weighted by molar-refractivity contribution is 6.31. The second-order valence-corrected chi connectivity index (χ2v) is 8.34. The zero-order chi connectivity index (χ0) is 21.5. The molecule has 4 heterocycles. The van der Waals surface area contributed by atoms with Crippen molar-refractivity contribution in [2.75, 3.05) is 18.4 Å². The molecule has 5 rings (SSSR count). The fourth-order valence-corrected chi connectivity index (χ4v) is 4.60. The number of anilines is 2. The molecule has 2 atom stereocenters. The van der Waals surface area contributed by atoms with E-state index in [-0.39, 0.29) is 28.6 Å². The molecule has 3 aromatic rings. The highest BCUT2D eigenvalue weighted by Crippen LogP contribution is 2.33. The van der Waals surface area contributed by atoms with Crippen LogP contribution in [0.4, 0.5) is 16.0 Å². The van der Waals surface area contributed by atoms with Gasteiger partial charge in [0, 0.05) is 43.0 Å². The van der Waals surface area contributed by atoms with Gasteiger partial charge < -0.3 is 10.2 Å². The number of amides is 1. The van der Waals surface area contributed by atoms with Crippen molar-refractivity contribution in [2.45, 2.75) is 32.0 Å². The lowest BCUT2D eigenvalue weighted by molar-refractivity contribution is 0.0608. The van der Waals surface area contributed by atoms with Gasteiger partial charge in [0.1, 0.15) is 17.5 Å². The fraction of sp³-hybridized carbons (Fsp3) is 0.333. The van der Waals surface area contributed by atoms with Gasteiger partial charge in [0.05, 0.1) is 23.3 Å². The molecule has 0 saturated carbocycles. The number of nitrogens with one attached hydrogen (secondary N) is 2. The van der Waals surface area contributed by atoms with Crippen LogP contribution in [0.5, 0.6) is 0 Å². The van der Waals surface area contributed by atoms with E-state index in [2.05, 4.69) is 30.4 Å². The van der Waals surface area contributed by atoms with E-state index >= 15 is 0 Å². The summed E-state index contributed by atoms with van der Waals surface area (Å²) in [5, 5.41) is 9.93. The minimum Gasteiger partial charge on any atom is -0.333 e. The van der Waals surface area contributed by atoms with E-state index < -0.39 is 5.82 Å². The lowest BCUT2D eigenvalue weighted by Crippen LogP contribution is -2.48. The minimum atomic E-state index is -0.653. The van der Waals surface area contributed by atoms with Crippen LogP contribution in [0.15, 0.2) is 36.5 Å². The number of aromatic nitrogens is 4. The molecule has 2 N–H and O–H groups in total. The van der Waals surface area contributed by atoms with Crippen molar-refractivity contribution in [3.63, 3.8) is 0 Å². The minimum absolute atomic E-state index is 0.0307. The Hall–Kier alpha value is -3.04. The molecule has 2 saturated heterocycles.